The molecule has 2 fully saturated rings. The van der Waals surface area contributed by atoms with Crippen molar-refractivity contribution >= 4 is 10.8 Å². The van der Waals surface area contributed by atoms with E-state index in [-0.39, 0.29) is 6.10 Å². The lowest BCUT2D eigenvalue weighted by Crippen LogP contribution is -2.54. The molecule has 2 aromatic carbocycles. The second kappa shape index (κ2) is 8.59. The summed E-state index contributed by atoms with van der Waals surface area (Å²) in [6, 6.07) is 13.0. The van der Waals surface area contributed by atoms with E-state index in [1.807, 2.05) is 0 Å². The molecule has 4 rings (SSSR count). The number of benzene rings is 2. The molecule has 0 amide bonds. The first-order valence-electron chi connectivity index (χ1n) is 10.5. The van der Waals surface area contributed by atoms with Crippen molar-refractivity contribution in [2.24, 2.45) is 0 Å². The van der Waals surface area contributed by atoms with Crippen LogP contribution in [0.5, 0.6) is 5.75 Å². The van der Waals surface area contributed by atoms with Crippen molar-refractivity contribution in [2.45, 2.75) is 50.8 Å². The Kier molecular flexibility index (Phi) is 5.96. The molecule has 0 saturated carbocycles. The number of fused-ring (bicyclic) bond motifs is 1. The van der Waals surface area contributed by atoms with Crippen LogP contribution in [0.2, 0.25) is 0 Å². The van der Waals surface area contributed by atoms with E-state index < -0.39 is 0 Å². The highest BCUT2D eigenvalue weighted by Crippen LogP contribution is 2.30. The Hall–Kier alpha value is -1.62. The number of β-amino-alcohol motifs (C(OH)–C–C–N with tert-alkyl or cyclic N) is 1. The second-order valence-corrected chi connectivity index (χ2v) is 8.08. The van der Waals surface area contributed by atoms with Crippen molar-refractivity contribution < 1.29 is 9.84 Å². The van der Waals surface area contributed by atoms with E-state index in [2.05, 4.69) is 46.2 Å². The van der Waals surface area contributed by atoms with Gasteiger partial charge in [-0.1, -0.05) is 43.2 Å². The Labute approximate surface area is 162 Å². The Bertz CT molecular complexity index is 755. The zero-order valence-corrected chi connectivity index (χ0v) is 16.4. The molecule has 2 saturated heterocycles. The van der Waals surface area contributed by atoms with Crippen molar-refractivity contribution in [3.8, 4) is 5.75 Å². The summed E-state index contributed by atoms with van der Waals surface area (Å²) in [4.78, 5) is 4.94. The minimum absolute atomic E-state index is 0.266. The number of rotatable bonds is 4. The number of aliphatic hydroxyl groups excluding tert-OH is 1. The van der Waals surface area contributed by atoms with E-state index in [0.717, 1.165) is 44.9 Å². The predicted octanol–water partition coefficient (Wildman–Crippen LogP) is 3.66. The molecule has 2 aliphatic rings. The molecule has 0 radical (unpaired) electrons. The number of aliphatic hydroxyl groups is 1. The van der Waals surface area contributed by atoms with E-state index in [0.29, 0.717) is 6.04 Å². The summed E-state index contributed by atoms with van der Waals surface area (Å²) in [5.74, 6) is 0.942. The molecular formula is C23H32N2O2. The highest BCUT2D eigenvalue weighted by atomic mass is 16.5. The summed E-state index contributed by atoms with van der Waals surface area (Å²) in [6.07, 6.45) is 6.02. The molecule has 2 aromatic rings. The molecule has 4 heteroatoms. The average Bonchev–Trinajstić information content (AvgIpc) is 2.98. The summed E-state index contributed by atoms with van der Waals surface area (Å²) >= 11 is 0. The number of likely N-dealkylation sites (tertiary alicyclic amines) is 2. The van der Waals surface area contributed by atoms with Gasteiger partial charge in [0.25, 0.3) is 0 Å². The van der Waals surface area contributed by atoms with Gasteiger partial charge < -0.3 is 9.84 Å². The summed E-state index contributed by atoms with van der Waals surface area (Å²) in [6.45, 7) is 4.91. The van der Waals surface area contributed by atoms with Crippen molar-refractivity contribution in [3.63, 3.8) is 0 Å². The van der Waals surface area contributed by atoms with Gasteiger partial charge in [0.2, 0.25) is 0 Å². The quantitative estimate of drug-likeness (QED) is 0.893. The SMILES string of the molecule is COc1ccc2ccccc2c1CN1CC[C@@H](N2CCCCCC2)[C@H](O)C1. The third kappa shape index (κ3) is 4.13. The lowest BCUT2D eigenvalue weighted by molar-refractivity contribution is -0.0144. The van der Waals surface area contributed by atoms with Crippen molar-refractivity contribution in [3.05, 3.63) is 42.0 Å². The Morgan fingerprint density at radius 2 is 1.78 bits per heavy atom. The van der Waals surface area contributed by atoms with Crippen LogP contribution in [0.15, 0.2) is 36.4 Å². The van der Waals surface area contributed by atoms with Crippen LogP contribution >= 0.6 is 0 Å². The fourth-order valence-corrected chi connectivity index (χ4v) is 4.87. The summed E-state index contributed by atoms with van der Waals surface area (Å²) in [7, 11) is 1.74. The van der Waals surface area contributed by atoms with E-state index in [1.165, 1.54) is 42.0 Å². The lowest BCUT2D eigenvalue weighted by Gasteiger charge is -2.41. The summed E-state index contributed by atoms with van der Waals surface area (Å²) < 4.78 is 5.65. The first-order valence-corrected chi connectivity index (χ1v) is 10.5. The third-order valence-corrected chi connectivity index (χ3v) is 6.34. The molecule has 146 valence electrons. The normalized spacial score (nSPS) is 25.4. The van der Waals surface area contributed by atoms with Gasteiger partial charge in [0.15, 0.2) is 0 Å². The van der Waals surface area contributed by atoms with Crippen LogP contribution in [0, 0.1) is 0 Å². The van der Waals surface area contributed by atoms with Gasteiger partial charge in [-0.05, 0) is 49.2 Å². The fraction of sp³-hybridized carbons (Fsp3) is 0.565. The highest BCUT2D eigenvalue weighted by Gasteiger charge is 2.32. The predicted molar refractivity (Wildman–Crippen MR) is 110 cm³/mol. The van der Waals surface area contributed by atoms with Gasteiger partial charge in [-0.2, -0.15) is 0 Å². The molecule has 2 aliphatic heterocycles. The third-order valence-electron chi connectivity index (χ3n) is 6.34. The van der Waals surface area contributed by atoms with E-state index >= 15 is 0 Å². The molecule has 0 aliphatic carbocycles. The van der Waals surface area contributed by atoms with Gasteiger partial charge in [-0.3, -0.25) is 9.80 Å². The van der Waals surface area contributed by atoms with Crippen molar-refractivity contribution in [1.29, 1.82) is 0 Å². The maximum atomic E-state index is 10.9. The number of nitrogens with zero attached hydrogens (tertiary/aromatic N) is 2. The van der Waals surface area contributed by atoms with Gasteiger partial charge in [0, 0.05) is 31.2 Å². The Morgan fingerprint density at radius 1 is 1.00 bits per heavy atom. The van der Waals surface area contributed by atoms with Gasteiger partial charge in [0.05, 0.1) is 13.2 Å². The maximum absolute atomic E-state index is 10.9. The van der Waals surface area contributed by atoms with Crippen LogP contribution < -0.4 is 4.74 Å². The number of methoxy groups -OCH3 is 1. The zero-order valence-electron chi connectivity index (χ0n) is 16.4. The van der Waals surface area contributed by atoms with Gasteiger partial charge >= 0.3 is 0 Å². The van der Waals surface area contributed by atoms with E-state index in [1.54, 1.807) is 7.11 Å². The topological polar surface area (TPSA) is 35.9 Å². The standard InChI is InChI=1S/C23H32N2O2/c1-27-23-11-10-18-8-4-5-9-19(18)20(23)16-24-15-12-21(22(26)17-24)25-13-6-2-3-7-14-25/h4-5,8-11,21-22,26H,2-3,6-7,12-17H2,1H3/t21-,22-/m1/s1. The van der Waals surface area contributed by atoms with E-state index in [9.17, 15) is 5.11 Å². The second-order valence-electron chi connectivity index (χ2n) is 8.08. The lowest BCUT2D eigenvalue weighted by atomic mass is 9.97. The summed E-state index contributed by atoms with van der Waals surface area (Å²) in [5.41, 5.74) is 1.23. The Morgan fingerprint density at radius 3 is 2.52 bits per heavy atom. The summed E-state index contributed by atoms with van der Waals surface area (Å²) in [5, 5.41) is 13.4. The molecule has 0 aromatic heterocycles. The molecule has 0 spiro atoms. The van der Waals surface area contributed by atoms with Crippen LogP contribution in [0.25, 0.3) is 10.8 Å². The van der Waals surface area contributed by atoms with Gasteiger partial charge in [-0.15, -0.1) is 0 Å². The first-order chi connectivity index (χ1) is 13.3. The molecule has 27 heavy (non-hydrogen) atoms. The molecule has 2 atom stereocenters. The van der Waals surface area contributed by atoms with Crippen LogP contribution in [0.3, 0.4) is 0 Å². The average molecular weight is 369 g/mol. The molecule has 0 unspecified atom stereocenters. The maximum Gasteiger partial charge on any atom is 0.123 e. The van der Waals surface area contributed by atoms with Crippen molar-refractivity contribution in [1.82, 2.24) is 9.80 Å². The largest absolute Gasteiger partial charge is 0.496 e. The Balaban J connectivity index is 1.48. The molecular weight excluding hydrogens is 336 g/mol. The van der Waals surface area contributed by atoms with Gasteiger partial charge in [-0.25, -0.2) is 0 Å². The van der Waals surface area contributed by atoms with Crippen LogP contribution in [0.4, 0.5) is 0 Å². The highest BCUT2D eigenvalue weighted by molar-refractivity contribution is 5.87. The number of ether oxygens (including phenoxy) is 1. The molecule has 2 heterocycles. The number of hydrogen-bond acceptors (Lipinski definition) is 4. The minimum atomic E-state index is -0.266. The van der Waals surface area contributed by atoms with Crippen molar-refractivity contribution in [2.75, 3.05) is 33.3 Å². The number of hydrogen-bond donors (Lipinski definition) is 1. The smallest absolute Gasteiger partial charge is 0.123 e. The fourth-order valence-electron chi connectivity index (χ4n) is 4.87. The molecule has 4 nitrogen and oxygen atoms in total. The zero-order chi connectivity index (χ0) is 18.6. The first kappa shape index (κ1) is 18.7. The van der Waals surface area contributed by atoms with E-state index in [4.69, 9.17) is 4.74 Å². The molecule has 0 bridgehead atoms. The van der Waals surface area contributed by atoms with Crippen LogP contribution in [0.1, 0.15) is 37.7 Å². The van der Waals surface area contributed by atoms with Gasteiger partial charge in [0.1, 0.15) is 5.75 Å². The molecule has 1 N–H and O–H groups in total. The minimum Gasteiger partial charge on any atom is -0.496 e. The van der Waals surface area contributed by atoms with Crippen LogP contribution in [-0.2, 0) is 6.54 Å². The number of piperidine rings is 1. The van der Waals surface area contributed by atoms with Crippen LogP contribution in [-0.4, -0.2) is 60.3 Å². The monoisotopic (exact) mass is 368 g/mol.